The highest BCUT2D eigenvalue weighted by Gasteiger charge is 2.62. The number of nitrogens with zero attached hydrogens (tertiary/aromatic N) is 2. The number of hydrogen-bond donors (Lipinski definition) is 2. The Morgan fingerprint density at radius 1 is 1.26 bits per heavy atom. The second kappa shape index (κ2) is 9.71. The van der Waals surface area contributed by atoms with Gasteiger partial charge in [-0.2, -0.15) is 17.5 Å². The fraction of sp³-hybridized carbons (Fsp3) is 0.409. The molecule has 1 aromatic carbocycles. The van der Waals surface area contributed by atoms with Gasteiger partial charge in [0.2, 0.25) is 15.9 Å². The van der Waals surface area contributed by atoms with E-state index >= 15 is 0 Å². The van der Waals surface area contributed by atoms with Crippen molar-refractivity contribution in [2.75, 3.05) is 13.1 Å². The van der Waals surface area contributed by atoms with Crippen molar-refractivity contribution in [2.24, 2.45) is 11.3 Å². The van der Waals surface area contributed by atoms with Crippen LogP contribution in [-0.4, -0.2) is 54.0 Å². The molecule has 184 valence electrons. The molecule has 2 aliphatic rings. The van der Waals surface area contributed by atoms with Crippen LogP contribution in [0, 0.1) is 18.3 Å². The Morgan fingerprint density at radius 2 is 1.97 bits per heavy atom. The van der Waals surface area contributed by atoms with Crippen LogP contribution in [0.2, 0.25) is 0 Å². The first-order valence-corrected chi connectivity index (χ1v) is 11.8. The predicted molar refractivity (Wildman–Crippen MR) is 115 cm³/mol. The van der Waals surface area contributed by atoms with E-state index in [2.05, 4.69) is 10.3 Å². The number of sulfonamides is 1. The maximum Gasteiger partial charge on any atom is 0.490 e. The summed E-state index contributed by atoms with van der Waals surface area (Å²) < 4.78 is 59.1. The predicted octanol–water partition coefficient (Wildman–Crippen LogP) is 2.74. The van der Waals surface area contributed by atoms with E-state index in [0.29, 0.717) is 24.5 Å². The number of alkyl halides is 3. The molecular formula is C22H24F3N3O5S. The van der Waals surface area contributed by atoms with Crippen molar-refractivity contribution in [3.05, 3.63) is 59.9 Å². The number of carbonyl (C=O) groups is 2. The third-order valence-corrected chi connectivity index (χ3v) is 7.76. The second-order valence-electron chi connectivity index (χ2n) is 8.41. The molecule has 2 atom stereocenters. The SMILES string of the molecule is Cc1cccc(S(=O)(=O)N2CCC3(CC3C(=O)NCc3cccnc3)C2)c1.O=C(O)C(F)(F)F. The molecule has 2 fully saturated rings. The van der Waals surface area contributed by atoms with Gasteiger partial charge >= 0.3 is 12.1 Å². The number of aromatic nitrogens is 1. The molecule has 8 nitrogen and oxygen atoms in total. The van der Waals surface area contributed by atoms with Gasteiger partial charge in [-0.1, -0.05) is 18.2 Å². The van der Waals surface area contributed by atoms with Crippen LogP contribution < -0.4 is 5.32 Å². The molecule has 34 heavy (non-hydrogen) atoms. The van der Waals surface area contributed by atoms with Crippen molar-refractivity contribution in [1.29, 1.82) is 0 Å². The van der Waals surface area contributed by atoms with Crippen LogP contribution in [0.25, 0.3) is 0 Å². The summed E-state index contributed by atoms with van der Waals surface area (Å²) >= 11 is 0. The lowest BCUT2D eigenvalue weighted by Gasteiger charge is -2.17. The van der Waals surface area contributed by atoms with Crippen LogP contribution in [0.15, 0.2) is 53.7 Å². The van der Waals surface area contributed by atoms with Gasteiger partial charge in [0.05, 0.1) is 4.90 Å². The van der Waals surface area contributed by atoms with Crippen molar-refractivity contribution < 1.29 is 36.3 Å². The molecule has 1 spiro atoms. The molecule has 2 heterocycles. The zero-order valence-electron chi connectivity index (χ0n) is 18.2. The fourth-order valence-electron chi connectivity index (χ4n) is 3.97. The molecule has 1 saturated carbocycles. The largest absolute Gasteiger partial charge is 0.490 e. The molecular weight excluding hydrogens is 475 g/mol. The number of aryl methyl sites for hydroxylation is 1. The summed E-state index contributed by atoms with van der Waals surface area (Å²) in [7, 11) is -3.50. The van der Waals surface area contributed by atoms with Gasteiger partial charge in [0.15, 0.2) is 0 Å². The molecule has 2 aromatic rings. The van der Waals surface area contributed by atoms with Crippen molar-refractivity contribution in [3.8, 4) is 0 Å². The number of rotatable bonds is 5. The van der Waals surface area contributed by atoms with E-state index in [1.165, 1.54) is 4.31 Å². The van der Waals surface area contributed by atoms with Crippen LogP contribution in [-0.2, 0) is 26.2 Å². The number of carboxylic acids is 1. The third kappa shape index (κ3) is 5.92. The number of pyridine rings is 1. The van der Waals surface area contributed by atoms with Gasteiger partial charge in [0.1, 0.15) is 0 Å². The fourth-order valence-corrected chi connectivity index (χ4v) is 5.61. The smallest absolute Gasteiger partial charge is 0.475 e. The molecule has 1 aromatic heterocycles. The molecule has 1 saturated heterocycles. The second-order valence-corrected chi connectivity index (χ2v) is 10.3. The van der Waals surface area contributed by atoms with E-state index in [9.17, 15) is 26.4 Å². The molecule has 4 rings (SSSR count). The van der Waals surface area contributed by atoms with Crippen molar-refractivity contribution in [2.45, 2.75) is 37.4 Å². The Labute approximate surface area is 194 Å². The van der Waals surface area contributed by atoms with E-state index < -0.39 is 22.2 Å². The summed E-state index contributed by atoms with van der Waals surface area (Å²) in [5.41, 5.74) is 1.68. The number of amides is 1. The lowest BCUT2D eigenvalue weighted by molar-refractivity contribution is -0.192. The molecule has 0 radical (unpaired) electrons. The number of carbonyl (C=O) groups excluding carboxylic acids is 1. The lowest BCUT2D eigenvalue weighted by atomic mass is 10.0. The standard InChI is InChI=1S/C20H23N3O3S.C2HF3O2/c1-15-4-2-6-17(10-15)27(25,26)23-9-7-20(14-23)11-18(20)19(24)22-13-16-5-3-8-21-12-16;3-2(4,5)1(6)7/h2-6,8,10,12,18H,7,9,11,13-14H2,1H3,(H,22,24);(H,6,7). The first-order chi connectivity index (χ1) is 15.8. The summed E-state index contributed by atoms with van der Waals surface area (Å²) in [5, 5.41) is 10.1. The molecule has 12 heteroatoms. The van der Waals surface area contributed by atoms with Gasteiger partial charge in [-0.05, 0) is 54.5 Å². The van der Waals surface area contributed by atoms with Gasteiger partial charge in [-0.25, -0.2) is 13.2 Å². The lowest BCUT2D eigenvalue weighted by Crippen LogP contribution is -2.31. The molecule has 0 bridgehead atoms. The number of nitrogens with one attached hydrogen (secondary N) is 1. The average molecular weight is 500 g/mol. The van der Waals surface area contributed by atoms with Gasteiger partial charge in [0, 0.05) is 37.9 Å². The Hall–Kier alpha value is -2.99. The summed E-state index contributed by atoms with van der Waals surface area (Å²) in [6.45, 7) is 3.23. The van der Waals surface area contributed by atoms with E-state index in [0.717, 1.165) is 24.0 Å². The van der Waals surface area contributed by atoms with E-state index in [1.807, 2.05) is 25.1 Å². The van der Waals surface area contributed by atoms with Crippen molar-refractivity contribution >= 4 is 21.9 Å². The van der Waals surface area contributed by atoms with E-state index in [4.69, 9.17) is 9.90 Å². The minimum atomic E-state index is -5.08. The highest BCUT2D eigenvalue weighted by atomic mass is 32.2. The van der Waals surface area contributed by atoms with Gasteiger partial charge in [0.25, 0.3) is 0 Å². The molecule has 1 aliphatic carbocycles. The van der Waals surface area contributed by atoms with Crippen molar-refractivity contribution in [1.82, 2.24) is 14.6 Å². The number of aliphatic carboxylic acids is 1. The normalized spacial score (nSPS) is 22.1. The molecule has 1 amide bonds. The number of benzene rings is 1. The number of hydrogen-bond acceptors (Lipinski definition) is 5. The first kappa shape index (κ1) is 25.6. The zero-order chi connectivity index (χ0) is 25.1. The molecule has 2 unspecified atom stereocenters. The summed E-state index contributed by atoms with van der Waals surface area (Å²) in [6, 6.07) is 10.7. The topological polar surface area (TPSA) is 117 Å². The van der Waals surface area contributed by atoms with E-state index in [-0.39, 0.29) is 17.2 Å². The highest BCUT2D eigenvalue weighted by molar-refractivity contribution is 7.89. The van der Waals surface area contributed by atoms with Crippen LogP contribution in [0.5, 0.6) is 0 Å². The minimum absolute atomic E-state index is 0.00802. The summed E-state index contributed by atoms with van der Waals surface area (Å²) in [5.74, 6) is -2.85. The zero-order valence-corrected chi connectivity index (χ0v) is 19.1. The number of halogens is 3. The summed E-state index contributed by atoms with van der Waals surface area (Å²) in [6.07, 6.45) is -0.160. The van der Waals surface area contributed by atoms with Gasteiger partial charge < -0.3 is 10.4 Å². The van der Waals surface area contributed by atoms with Gasteiger partial charge in [-0.15, -0.1) is 0 Å². The average Bonchev–Trinajstić information content (AvgIpc) is 3.31. The monoisotopic (exact) mass is 499 g/mol. The Bertz CT molecular complexity index is 1160. The minimum Gasteiger partial charge on any atom is -0.475 e. The third-order valence-electron chi connectivity index (χ3n) is 5.92. The van der Waals surface area contributed by atoms with Crippen LogP contribution in [0.1, 0.15) is 24.0 Å². The Balaban J connectivity index is 0.000000406. The van der Waals surface area contributed by atoms with Crippen LogP contribution in [0.4, 0.5) is 13.2 Å². The molecule has 2 N–H and O–H groups in total. The van der Waals surface area contributed by atoms with E-state index in [1.54, 1.807) is 30.6 Å². The van der Waals surface area contributed by atoms with Gasteiger partial charge in [-0.3, -0.25) is 9.78 Å². The summed E-state index contributed by atoms with van der Waals surface area (Å²) in [4.78, 5) is 25.8. The maximum absolute atomic E-state index is 12.9. The Morgan fingerprint density at radius 3 is 2.56 bits per heavy atom. The quantitative estimate of drug-likeness (QED) is 0.654. The highest BCUT2D eigenvalue weighted by Crippen LogP contribution is 2.59. The van der Waals surface area contributed by atoms with Crippen LogP contribution >= 0.6 is 0 Å². The first-order valence-electron chi connectivity index (χ1n) is 10.4. The Kier molecular flexibility index (Phi) is 7.32. The number of carboxylic acid groups (broad SMARTS) is 1. The molecule has 1 aliphatic heterocycles. The maximum atomic E-state index is 12.9. The van der Waals surface area contributed by atoms with Crippen molar-refractivity contribution in [3.63, 3.8) is 0 Å². The van der Waals surface area contributed by atoms with Crippen LogP contribution in [0.3, 0.4) is 0 Å².